The van der Waals surface area contributed by atoms with E-state index >= 15 is 0 Å². The van der Waals surface area contributed by atoms with Gasteiger partial charge in [0, 0.05) is 13.2 Å². The highest BCUT2D eigenvalue weighted by Gasteiger charge is 2.32. The number of ether oxygens (including phenoxy) is 2. The second-order valence-electron chi connectivity index (χ2n) is 2.91. The maximum atomic E-state index is 9.33. The Labute approximate surface area is 66.3 Å². The van der Waals surface area contributed by atoms with Crippen LogP contribution in [0.2, 0.25) is 0 Å². The Morgan fingerprint density at radius 1 is 1.64 bits per heavy atom. The van der Waals surface area contributed by atoms with Gasteiger partial charge in [0.15, 0.2) is 6.29 Å². The van der Waals surface area contributed by atoms with Crippen molar-refractivity contribution in [3.63, 3.8) is 0 Å². The number of aliphatic hydroxyl groups excluding tert-OH is 1. The molecule has 11 heavy (non-hydrogen) atoms. The molecule has 1 heterocycles. The van der Waals surface area contributed by atoms with Gasteiger partial charge in [-0.3, -0.25) is 0 Å². The van der Waals surface area contributed by atoms with E-state index in [4.69, 9.17) is 15.2 Å². The fourth-order valence-electron chi connectivity index (χ4n) is 1.20. The lowest BCUT2D eigenvalue weighted by Gasteiger charge is -2.35. The number of aliphatic hydroxyl groups is 1. The van der Waals surface area contributed by atoms with Gasteiger partial charge in [0.2, 0.25) is 0 Å². The van der Waals surface area contributed by atoms with Crippen molar-refractivity contribution in [3.8, 4) is 0 Å². The zero-order chi connectivity index (χ0) is 8.43. The zero-order valence-corrected chi connectivity index (χ0v) is 6.86. The Hall–Kier alpha value is -0.160. The van der Waals surface area contributed by atoms with Crippen LogP contribution in [0.4, 0.5) is 0 Å². The minimum Gasteiger partial charge on any atom is -0.388 e. The molecule has 0 bridgehead atoms. The first-order valence-corrected chi connectivity index (χ1v) is 3.77. The van der Waals surface area contributed by atoms with Gasteiger partial charge >= 0.3 is 0 Å². The third-order valence-corrected chi connectivity index (χ3v) is 2.01. The van der Waals surface area contributed by atoms with E-state index in [1.807, 2.05) is 6.92 Å². The highest BCUT2D eigenvalue weighted by Crippen LogP contribution is 2.18. The highest BCUT2D eigenvalue weighted by atomic mass is 16.7. The molecule has 1 aliphatic heterocycles. The molecule has 4 heteroatoms. The average Bonchev–Trinajstić information content (AvgIpc) is 1.97. The number of hydrogen-bond donors (Lipinski definition) is 2. The molecule has 4 nitrogen and oxygen atoms in total. The molecule has 1 saturated heterocycles. The van der Waals surface area contributed by atoms with Gasteiger partial charge in [-0.15, -0.1) is 0 Å². The molecule has 1 aliphatic rings. The van der Waals surface area contributed by atoms with Crippen molar-refractivity contribution in [2.45, 2.75) is 37.9 Å². The summed E-state index contributed by atoms with van der Waals surface area (Å²) >= 11 is 0. The van der Waals surface area contributed by atoms with Gasteiger partial charge in [0.05, 0.1) is 6.10 Å². The SMILES string of the molecule is CO[C@H]1O[C@H](C)[C@@H](N)C[C@H]1O. The van der Waals surface area contributed by atoms with Gasteiger partial charge in [-0.05, 0) is 13.3 Å². The van der Waals surface area contributed by atoms with Crippen molar-refractivity contribution >= 4 is 0 Å². The van der Waals surface area contributed by atoms with Crippen LogP contribution in [0.3, 0.4) is 0 Å². The van der Waals surface area contributed by atoms with Gasteiger partial charge in [-0.25, -0.2) is 0 Å². The minimum atomic E-state index is -0.591. The molecule has 0 radical (unpaired) electrons. The fourth-order valence-corrected chi connectivity index (χ4v) is 1.20. The monoisotopic (exact) mass is 161 g/mol. The lowest BCUT2D eigenvalue weighted by Crippen LogP contribution is -2.50. The van der Waals surface area contributed by atoms with Crippen molar-refractivity contribution in [1.29, 1.82) is 0 Å². The molecule has 0 spiro atoms. The third-order valence-electron chi connectivity index (χ3n) is 2.01. The third kappa shape index (κ3) is 1.90. The van der Waals surface area contributed by atoms with E-state index in [0.717, 1.165) is 0 Å². The topological polar surface area (TPSA) is 64.7 Å². The van der Waals surface area contributed by atoms with Crippen LogP contribution in [0.15, 0.2) is 0 Å². The van der Waals surface area contributed by atoms with Gasteiger partial charge < -0.3 is 20.3 Å². The van der Waals surface area contributed by atoms with Crippen molar-refractivity contribution in [2.24, 2.45) is 5.73 Å². The van der Waals surface area contributed by atoms with Crippen molar-refractivity contribution in [2.75, 3.05) is 7.11 Å². The number of rotatable bonds is 1. The summed E-state index contributed by atoms with van der Waals surface area (Å²) in [6.07, 6.45) is -0.598. The molecule has 3 N–H and O–H groups in total. The van der Waals surface area contributed by atoms with Crippen molar-refractivity contribution in [1.82, 2.24) is 0 Å². The Morgan fingerprint density at radius 3 is 2.82 bits per heavy atom. The molecule has 0 aromatic heterocycles. The van der Waals surface area contributed by atoms with Gasteiger partial charge in [-0.1, -0.05) is 0 Å². The van der Waals surface area contributed by atoms with Crippen LogP contribution in [0, 0.1) is 0 Å². The van der Waals surface area contributed by atoms with Gasteiger partial charge in [-0.2, -0.15) is 0 Å². The summed E-state index contributed by atoms with van der Waals surface area (Å²) in [6.45, 7) is 1.88. The van der Waals surface area contributed by atoms with Crippen LogP contribution < -0.4 is 5.73 Å². The van der Waals surface area contributed by atoms with Crippen LogP contribution in [-0.2, 0) is 9.47 Å². The molecular weight excluding hydrogens is 146 g/mol. The first-order valence-electron chi connectivity index (χ1n) is 3.77. The number of hydrogen-bond acceptors (Lipinski definition) is 4. The first kappa shape index (κ1) is 8.93. The lowest BCUT2D eigenvalue weighted by molar-refractivity contribution is -0.229. The summed E-state index contributed by atoms with van der Waals surface area (Å²) in [5.74, 6) is 0. The van der Waals surface area contributed by atoms with Crippen LogP contribution in [0.5, 0.6) is 0 Å². The van der Waals surface area contributed by atoms with Crippen LogP contribution >= 0.6 is 0 Å². The summed E-state index contributed by atoms with van der Waals surface area (Å²) in [7, 11) is 1.51. The molecule has 4 atom stereocenters. The maximum Gasteiger partial charge on any atom is 0.183 e. The molecule has 1 rings (SSSR count). The lowest BCUT2D eigenvalue weighted by atomic mass is 10.0. The summed E-state index contributed by atoms with van der Waals surface area (Å²) in [5, 5.41) is 9.33. The molecule has 0 amide bonds. The minimum absolute atomic E-state index is 0.0386. The fraction of sp³-hybridized carbons (Fsp3) is 1.00. The van der Waals surface area contributed by atoms with E-state index in [1.165, 1.54) is 7.11 Å². The van der Waals surface area contributed by atoms with Gasteiger partial charge in [0.25, 0.3) is 0 Å². The smallest absolute Gasteiger partial charge is 0.183 e. The average molecular weight is 161 g/mol. The Balaban J connectivity index is 2.48. The summed E-state index contributed by atoms with van der Waals surface area (Å²) in [6, 6.07) is -0.0867. The summed E-state index contributed by atoms with van der Waals surface area (Å²) < 4.78 is 10.2. The van der Waals surface area contributed by atoms with E-state index < -0.39 is 12.4 Å². The molecule has 66 valence electrons. The summed E-state index contributed by atoms with van der Waals surface area (Å²) in [4.78, 5) is 0. The predicted molar refractivity (Wildman–Crippen MR) is 39.9 cm³/mol. The van der Waals surface area contributed by atoms with E-state index in [9.17, 15) is 5.11 Å². The Kier molecular flexibility index (Phi) is 2.84. The highest BCUT2D eigenvalue weighted by molar-refractivity contribution is 4.80. The first-order chi connectivity index (χ1) is 5.15. The van der Waals surface area contributed by atoms with E-state index in [-0.39, 0.29) is 12.1 Å². The zero-order valence-electron chi connectivity index (χ0n) is 6.86. The van der Waals surface area contributed by atoms with Crippen molar-refractivity contribution in [3.05, 3.63) is 0 Å². The van der Waals surface area contributed by atoms with Gasteiger partial charge in [0.1, 0.15) is 6.10 Å². The second kappa shape index (κ2) is 3.49. The van der Waals surface area contributed by atoms with Crippen molar-refractivity contribution < 1.29 is 14.6 Å². The Morgan fingerprint density at radius 2 is 2.27 bits per heavy atom. The quantitative estimate of drug-likeness (QED) is 0.542. The molecule has 0 saturated carbocycles. The summed E-state index contributed by atoms with van der Waals surface area (Å²) in [5.41, 5.74) is 5.65. The molecule has 0 unspecified atom stereocenters. The number of nitrogens with two attached hydrogens (primary N) is 1. The number of methoxy groups -OCH3 is 1. The van der Waals surface area contributed by atoms with Crippen LogP contribution in [0.1, 0.15) is 13.3 Å². The molecular formula is C7H15NO3. The molecule has 1 fully saturated rings. The van der Waals surface area contributed by atoms with E-state index in [0.29, 0.717) is 6.42 Å². The van der Waals surface area contributed by atoms with Crippen LogP contribution in [-0.4, -0.2) is 36.8 Å². The van der Waals surface area contributed by atoms with Crippen LogP contribution in [0.25, 0.3) is 0 Å². The maximum absolute atomic E-state index is 9.33. The van der Waals surface area contributed by atoms with E-state index in [2.05, 4.69) is 0 Å². The van der Waals surface area contributed by atoms with E-state index in [1.54, 1.807) is 0 Å². The predicted octanol–water partition coefficient (Wildman–Crippen LogP) is -0.544. The standard InChI is InChI=1S/C7H15NO3/c1-4-5(8)3-6(9)7(10-2)11-4/h4-7,9H,3,8H2,1-2H3/t4-,5+,6-,7+/m1/s1. The normalized spacial score (nSPS) is 45.8. The molecule has 0 aromatic carbocycles. The second-order valence-corrected chi connectivity index (χ2v) is 2.91. The molecule has 0 aliphatic carbocycles. The largest absolute Gasteiger partial charge is 0.388 e. The molecule has 0 aromatic rings. The Bertz CT molecular complexity index is 131.